The number of nitrogens with one attached hydrogen (secondary N) is 4. The fourth-order valence-corrected chi connectivity index (χ4v) is 25.6. The standard InChI is InChI=1S/C33H49P.C27H27F2N7O4.C24H24BrF2N5O4.C14H23BN2O4.C12H9N.CH4O3S.Pd/c1-23(2)26-21-30(24(3)4)33(31(22-26)25(5)6)29-19-13-14-20-32(29)34(27-15-9-7-10-16-27)28-17-11-8-12-18-28;1-26(28,29)14-39-21-5-4-20-19(13-34-36(20)22(21)15-11-32-33-12-15)24(38)35-16-7-27(8-16)9-17(10-27)40-25-18(23(30)37)3-2-6-31-25;1-23(26,27)12-35-18-5-4-17-16(11-30-32(17)19(18)25)21(34)31-13-7-24(8-13)9-14(10-24)36-22-15(20(28)33)3-2-6-29-22;1-12(2,3)19-11(18)17-9-10(8-16-17)15-20-13(4,5)14(6,7)21-15;13-12-9-5-4-8-11(12)10-6-2-1-3-7-10;1-5(2,3)4;/h13-14,19-25,27-28H,7-12,15-18H2,1-6H3;2-6,11-13,16-17H,7-10,14H2,1H3,(H2,30,37)(H,32,33)(H,35,38);2-6,11,13-14H,7-10,12H2,1H3,(H2,28,33)(H,31,34);8-9H,1-7H3;1-6,8-9,13H;1H3,(H,2,3,4);/q;;;;-2;;+2/p+1. The molecule has 0 unspecified atom stereocenters. The Kier molecular flexibility index (Phi) is 37.5. The van der Waals surface area contributed by atoms with Crippen LogP contribution in [0.5, 0.6) is 23.3 Å². The number of aromatic amines is 1. The van der Waals surface area contributed by atoms with E-state index in [0.717, 1.165) is 92.3 Å². The average Bonchev–Trinajstić information content (AvgIpc) is 0.742. The van der Waals surface area contributed by atoms with Crippen LogP contribution >= 0.6 is 23.9 Å². The summed E-state index contributed by atoms with van der Waals surface area (Å²) in [5.41, 5.74) is 33.5. The molecule has 2 spiro atoms. The van der Waals surface area contributed by atoms with Crippen LogP contribution < -0.4 is 51.8 Å². The van der Waals surface area contributed by atoms with Crippen molar-refractivity contribution in [2.24, 2.45) is 22.3 Å². The first-order chi connectivity index (χ1) is 70.3. The van der Waals surface area contributed by atoms with Crippen molar-refractivity contribution in [2.75, 3.05) is 19.5 Å². The molecule has 9 N–H and O–H groups in total. The number of fused-ring (bicyclic) bond motifs is 2. The summed E-state index contributed by atoms with van der Waals surface area (Å²) in [6.45, 7) is 27.6. The van der Waals surface area contributed by atoms with E-state index >= 15 is 0 Å². The number of amides is 4. The Morgan fingerprint density at radius 2 is 1.07 bits per heavy atom. The molecule has 1 saturated heterocycles. The number of nitrogens with two attached hydrogens (primary N) is 2. The third kappa shape index (κ3) is 29.3. The smallest absolute Gasteiger partial charge is 0.706 e. The number of rotatable bonds is 26. The van der Waals surface area contributed by atoms with Crippen LogP contribution in [0.15, 0.2) is 188 Å². The van der Waals surface area contributed by atoms with Gasteiger partial charge in [-0.3, -0.25) is 28.8 Å². The van der Waals surface area contributed by atoms with Crippen molar-refractivity contribution >= 4 is 98.3 Å². The van der Waals surface area contributed by atoms with Crippen molar-refractivity contribution in [3.05, 3.63) is 238 Å². The Hall–Kier alpha value is -11.5. The van der Waals surface area contributed by atoms with Crippen molar-refractivity contribution < 1.29 is 108 Å². The molecule has 4 amide bonds. The number of pyridine rings is 4. The largest absolute Gasteiger partial charge is 2.00 e. The van der Waals surface area contributed by atoms with E-state index in [1.54, 1.807) is 107 Å². The van der Waals surface area contributed by atoms with E-state index in [2.05, 4.69) is 146 Å². The monoisotopic (exact) mass is 2250 g/mol. The molecule has 8 aromatic heterocycles. The molecule has 6 aliphatic carbocycles. The molecule has 1 aliphatic heterocycles. The molecule has 19 rings (SSSR count). The van der Waals surface area contributed by atoms with E-state index in [-0.39, 0.29) is 102 Å². The number of hydrogen-bond donors (Lipinski definition) is 6. The maximum absolute atomic E-state index is 13.5. The third-order valence-corrected chi connectivity index (χ3v) is 33.2. The first-order valence-electron chi connectivity index (χ1n) is 50.9. The SMILES string of the molecule is CC(C)(C)OC(=O)n1cc(B2OC(C)(C)C(C)(C)O2)cn1.CC(C)c1cc(C(C)C)c(-c2ccccc2[PH+](C2CCCCC2)C2CCCCC2)c(C(C)C)c1.CC(F)(F)COc1ccc2c(C(=O)NC3CC4(C3)CC(Oc3ncccc3C(N)=O)C4)cnn2c1-c1cn[nH]c1.CC(F)(F)COc1ccc2c(C(=O)NC3CC4(C3)CC(Oc3ncccc3C(N)=O)C4)cnn2c1Br.CS(=O)(=O)O.[NH-]c1ccccc1-c1[c-]cccc1.[Pd+2]. The van der Waals surface area contributed by atoms with E-state index in [4.69, 9.17) is 54.7 Å². The van der Waals surface area contributed by atoms with Crippen LogP contribution in [0.4, 0.5) is 28.0 Å². The van der Waals surface area contributed by atoms with Gasteiger partial charge >= 0.3 is 33.6 Å². The number of H-pyrrole nitrogens is 1. The molecule has 150 heavy (non-hydrogen) atoms. The maximum Gasteiger partial charge on any atom is 2.00 e. The number of hydrogen-bond acceptors (Lipinski definition) is 20. The zero-order chi connectivity index (χ0) is 108. The van der Waals surface area contributed by atoms with E-state index in [1.807, 2.05) is 90.9 Å². The number of carbonyl (C=O) groups excluding carboxylic acids is 5. The number of aromatic nitrogens is 10. The van der Waals surface area contributed by atoms with Gasteiger partial charge in [-0.05, 0) is 273 Å². The van der Waals surface area contributed by atoms with Gasteiger partial charge in [0.1, 0.15) is 45.0 Å². The zero-order valence-corrected chi connectivity index (χ0v) is 92.6. The second-order valence-electron chi connectivity index (χ2n) is 43.4. The predicted octanol–water partition coefficient (Wildman–Crippen LogP) is 22.7. The summed E-state index contributed by atoms with van der Waals surface area (Å²) < 4.78 is 123. The molecule has 7 fully saturated rings. The Morgan fingerprint density at radius 1 is 0.607 bits per heavy atom. The van der Waals surface area contributed by atoms with Gasteiger partial charge in [0.05, 0.1) is 74.8 Å². The summed E-state index contributed by atoms with van der Waals surface area (Å²) in [5.74, 6) is -5.12. The van der Waals surface area contributed by atoms with Gasteiger partial charge in [0, 0.05) is 81.4 Å². The minimum atomic E-state index is -3.67. The fraction of sp³-hybridized carbons (Fsp3) is 0.468. The van der Waals surface area contributed by atoms with Gasteiger partial charge in [0.25, 0.3) is 45.6 Å². The van der Waals surface area contributed by atoms with Gasteiger partial charge < -0.3 is 60.8 Å². The minimum absolute atomic E-state index is 0. The van der Waals surface area contributed by atoms with Crippen molar-refractivity contribution in [3.63, 3.8) is 0 Å². The Balaban J connectivity index is 0.000000160. The molecule has 30 nitrogen and oxygen atoms in total. The van der Waals surface area contributed by atoms with Crippen LogP contribution in [-0.2, 0) is 44.6 Å². The van der Waals surface area contributed by atoms with Gasteiger partial charge in [0.2, 0.25) is 11.8 Å². The zero-order valence-electron chi connectivity index (χ0n) is 87.7. The molecule has 39 heteroatoms. The Labute approximate surface area is 898 Å². The van der Waals surface area contributed by atoms with Gasteiger partial charge in [-0.2, -0.15) is 39.2 Å². The molecule has 9 heterocycles. The summed E-state index contributed by atoms with van der Waals surface area (Å²) in [6.07, 6.45) is 33.6. The van der Waals surface area contributed by atoms with Crippen LogP contribution in [0.25, 0.3) is 50.3 Å². The van der Waals surface area contributed by atoms with Crippen LogP contribution in [0, 0.1) is 16.9 Å². The minimum Gasteiger partial charge on any atom is -0.706 e. The van der Waals surface area contributed by atoms with Gasteiger partial charge in [-0.1, -0.05) is 109 Å². The number of benzene rings is 4. The average molecular weight is 2260 g/mol. The van der Waals surface area contributed by atoms with Crippen LogP contribution in [0.1, 0.15) is 295 Å². The fourth-order valence-electron chi connectivity index (χ4n) is 20.6. The van der Waals surface area contributed by atoms with E-state index in [0.29, 0.717) is 73.2 Å². The molecule has 0 bridgehead atoms. The molecular formula is C111H137BBrF4N15O15PPdS+. The molecular weight excluding hydrogens is 2120 g/mol. The summed E-state index contributed by atoms with van der Waals surface area (Å²) in [6, 6.07) is 46.0. The van der Waals surface area contributed by atoms with Crippen LogP contribution in [0.3, 0.4) is 0 Å². The number of nitrogens with zero attached hydrogens (tertiary/aromatic N) is 9. The molecule has 12 aromatic rings. The molecule has 804 valence electrons. The van der Waals surface area contributed by atoms with Crippen molar-refractivity contribution in [1.82, 2.24) is 59.8 Å². The number of carbonyl (C=O) groups is 5. The van der Waals surface area contributed by atoms with Gasteiger partial charge in [0.15, 0.2) is 19.0 Å². The number of ether oxygens (including phenoxy) is 5. The number of halogens is 5. The summed E-state index contributed by atoms with van der Waals surface area (Å²) in [7, 11) is -4.81. The molecule has 7 aliphatic rings. The summed E-state index contributed by atoms with van der Waals surface area (Å²) in [5, 5.41) is 27.2. The van der Waals surface area contributed by atoms with Gasteiger partial charge in [-0.15, -0.1) is 41.5 Å². The Morgan fingerprint density at radius 3 is 1.53 bits per heavy atom. The maximum atomic E-state index is 13.5. The van der Waals surface area contributed by atoms with E-state index < -0.39 is 84.9 Å². The second-order valence-corrected chi connectivity index (χ2v) is 48.7. The number of alkyl halides is 4. The van der Waals surface area contributed by atoms with Crippen molar-refractivity contribution in [2.45, 2.75) is 301 Å². The first kappa shape index (κ1) is 116. The third-order valence-electron chi connectivity index (χ3n) is 28.5. The Bertz CT molecular complexity index is 6730. The second kappa shape index (κ2) is 48.7. The quantitative estimate of drug-likeness (QED) is 0.00732. The molecule has 6 saturated carbocycles. The number of primary amides is 2. The molecule has 0 radical (unpaired) electrons. The normalized spacial score (nSPS) is 19.7. The first-order valence-corrected chi connectivity index (χ1v) is 55.2. The molecule has 0 atom stereocenters. The topological polar surface area (TPSA) is 411 Å². The van der Waals surface area contributed by atoms with Gasteiger partial charge in [-0.25, -0.2) is 41.4 Å². The van der Waals surface area contributed by atoms with Crippen molar-refractivity contribution in [1.29, 1.82) is 0 Å². The van der Waals surface area contributed by atoms with Crippen LogP contribution in [0.2, 0.25) is 0 Å². The van der Waals surface area contributed by atoms with Crippen molar-refractivity contribution in [3.8, 4) is 56.8 Å². The van der Waals surface area contributed by atoms with E-state index in [9.17, 15) is 50.0 Å². The summed E-state index contributed by atoms with van der Waals surface area (Å²) in [4.78, 5) is 69.5. The molecule has 4 aromatic carbocycles. The van der Waals surface area contributed by atoms with Crippen LogP contribution in [-0.4, -0.2) is 183 Å². The van der Waals surface area contributed by atoms with E-state index in [1.165, 1.54) is 103 Å². The predicted molar refractivity (Wildman–Crippen MR) is 574 cm³/mol. The summed E-state index contributed by atoms with van der Waals surface area (Å²) >= 11 is 3.32.